The van der Waals surface area contributed by atoms with Crippen LogP contribution >= 0.6 is 27.3 Å². The summed E-state index contributed by atoms with van der Waals surface area (Å²) in [5.41, 5.74) is 0. The van der Waals surface area contributed by atoms with E-state index in [1.807, 2.05) is 5.38 Å². The van der Waals surface area contributed by atoms with Crippen molar-refractivity contribution in [1.29, 1.82) is 0 Å². The summed E-state index contributed by atoms with van der Waals surface area (Å²) in [5.74, 6) is 0. The second kappa shape index (κ2) is 3.94. The Morgan fingerprint density at radius 1 is 1.54 bits per heavy atom. The van der Waals surface area contributed by atoms with Gasteiger partial charge in [-0.1, -0.05) is 0 Å². The molecular weight excluding hydrogens is 252 g/mol. The molecule has 0 radical (unpaired) electrons. The van der Waals surface area contributed by atoms with Crippen LogP contribution in [0.4, 0.5) is 5.13 Å². The van der Waals surface area contributed by atoms with Gasteiger partial charge in [0.1, 0.15) is 4.60 Å². The number of halogens is 1. The summed E-state index contributed by atoms with van der Waals surface area (Å²) in [6.07, 6.45) is 1.61. The van der Waals surface area contributed by atoms with E-state index in [9.17, 15) is 5.11 Å². The van der Waals surface area contributed by atoms with Crippen molar-refractivity contribution in [2.75, 3.05) is 18.0 Å². The van der Waals surface area contributed by atoms with Crippen LogP contribution < -0.4 is 4.90 Å². The van der Waals surface area contributed by atoms with Gasteiger partial charge in [-0.15, -0.1) is 11.3 Å². The predicted octanol–water partition coefficient (Wildman–Crippen LogP) is 1.87. The fourth-order valence-electron chi connectivity index (χ4n) is 1.45. The molecule has 13 heavy (non-hydrogen) atoms. The summed E-state index contributed by atoms with van der Waals surface area (Å²) < 4.78 is 0.902. The first-order chi connectivity index (χ1) is 6.25. The quantitative estimate of drug-likeness (QED) is 0.840. The molecule has 1 aliphatic heterocycles. The molecule has 0 amide bonds. The van der Waals surface area contributed by atoms with Crippen LogP contribution in [0.2, 0.25) is 0 Å². The Labute approximate surface area is 89.5 Å². The van der Waals surface area contributed by atoms with Gasteiger partial charge in [-0.25, -0.2) is 4.98 Å². The maximum Gasteiger partial charge on any atom is 0.186 e. The smallest absolute Gasteiger partial charge is 0.186 e. The van der Waals surface area contributed by atoms with Crippen molar-refractivity contribution in [3.8, 4) is 0 Å². The zero-order valence-corrected chi connectivity index (χ0v) is 9.51. The van der Waals surface area contributed by atoms with Gasteiger partial charge >= 0.3 is 0 Å². The van der Waals surface area contributed by atoms with Crippen LogP contribution in [0.15, 0.2) is 9.98 Å². The largest absolute Gasteiger partial charge is 0.393 e. The third kappa shape index (κ3) is 2.21. The van der Waals surface area contributed by atoms with E-state index in [4.69, 9.17) is 0 Å². The normalized spacial score (nSPS) is 19.4. The zero-order chi connectivity index (χ0) is 9.26. The summed E-state index contributed by atoms with van der Waals surface area (Å²) in [5, 5.41) is 12.4. The van der Waals surface area contributed by atoms with Crippen LogP contribution in [-0.4, -0.2) is 29.3 Å². The molecular formula is C8H11BrN2OS. The molecule has 5 heteroatoms. The number of aliphatic hydroxyl groups is 1. The van der Waals surface area contributed by atoms with Crippen molar-refractivity contribution in [1.82, 2.24) is 4.98 Å². The van der Waals surface area contributed by atoms with Gasteiger partial charge in [0, 0.05) is 18.5 Å². The number of aliphatic hydroxyl groups excluding tert-OH is 1. The topological polar surface area (TPSA) is 36.4 Å². The molecule has 0 spiro atoms. The van der Waals surface area contributed by atoms with E-state index in [0.29, 0.717) is 0 Å². The third-order valence-electron chi connectivity index (χ3n) is 2.20. The Morgan fingerprint density at radius 3 is 2.77 bits per heavy atom. The minimum Gasteiger partial charge on any atom is -0.393 e. The van der Waals surface area contributed by atoms with E-state index in [-0.39, 0.29) is 6.10 Å². The van der Waals surface area contributed by atoms with E-state index in [1.165, 1.54) is 0 Å². The number of aromatic nitrogens is 1. The Balaban J connectivity index is 2.02. The van der Waals surface area contributed by atoms with Gasteiger partial charge in [-0.3, -0.25) is 0 Å². The van der Waals surface area contributed by atoms with Crippen LogP contribution in [0.5, 0.6) is 0 Å². The van der Waals surface area contributed by atoms with Crippen LogP contribution in [0.25, 0.3) is 0 Å². The van der Waals surface area contributed by atoms with Gasteiger partial charge < -0.3 is 10.0 Å². The van der Waals surface area contributed by atoms with Gasteiger partial charge in [0.2, 0.25) is 0 Å². The SMILES string of the molecule is OC1CCN(c2nc(Br)cs2)CC1. The van der Waals surface area contributed by atoms with Gasteiger partial charge in [0.05, 0.1) is 6.10 Å². The van der Waals surface area contributed by atoms with Crippen molar-refractivity contribution in [3.63, 3.8) is 0 Å². The maximum absolute atomic E-state index is 9.33. The standard InChI is InChI=1S/C8H11BrN2OS/c9-7-5-13-8(10-7)11-3-1-6(12)2-4-11/h5-6,12H,1-4H2. The van der Waals surface area contributed by atoms with Crippen molar-refractivity contribution in [3.05, 3.63) is 9.98 Å². The molecule has 0 aliphatic carbocycles. The number of thiazole rings is 1. The molecule has 1 aromatic rings. The monoisotopic (exact) mass is 262 g/mol. The number of anilines is 1. The summed E-state index contributed by atoms with van der Waals surface area (Å²) in [6, 6.07) is 0. The highest BCUT2D eigenvalue weighted by Gasteiger charge is 2.18. The average Bonchev–Trinajstić information content (AvgIpc) is 2.53. The van der Waals surface area contributed by atoms with Crippen LogP contribution in [0.1, 0.15) is 12.8 Å². The summed E-state index contributed by atoms with van der Waals surface area (Å²) >= 11 is 4.98. The molecule has 1 aromatic heterocycles. The maximum atomic E-state index is 9.33. The summed E-state index contributed by atoms with van der Waals surface area (Å²) in [7, 11) is 0. The molecule has 2 rings (SSSR count). The first kappa shape index (κ1) is 9.43. The zero-order valence-electron chi connectivity index (χ0n) is 7.11. The van der Waals surface area contributed by atoms with E-state index in [1.54, 1.807) is 11.3 Å². The molecule has 0 bridgehead atoms. The minimum atomic E-state index is -0.111. The summed E-state index contributed by atoms with van der Waals surface area (Å²) in [4.78, 5) is 6.56. The number of rotatable bonds is 1. The van der Waals surface area contributed by atoms with Crippen LogP contribution in [0.3, 0.4) is 0 Å². The minimum absolute atomic E-state index is 0.111. The lowest BCUT2D eigenvalue weighted by molar-refractivity contribution is 0.145. The highest BCUT2D eigenvalue weighted by atomic mass is 79.9. The van der Waals surface area contributed by atoms with Crippen molar-refractivity contribution < 1.29 is 5.11 Å². The Kier molecular flexibility index (Phi) is 2.86. The highest BCUT2D eigenvalue weighted by Crippen LogP contribution is 2.26. The molecule has 1 fully saturated rings. The molecule has 2 heterocycles. The fourth-order valence-corrected chi connectivity index (χ4v) is 2.75. The van der Waals surface area contributed by atoms with Crippen molar-refractivity contribution >= 4 is 32.4 Å². The Bertz CT molecular complexity index is 283. The van der Waals surface area contributed by atoms with Gasteiger partial charge in [-0.05, 0) is 28.8 Å². The molecule has 0 saturated carbocycles. The number of hydrogen-bond donors (Lipinski definition) is 1. The highest BCUT2D eigenvalue weighted by molar-refractivity contribution is 9.10. The van der Waals surface area contributed by atoms with Gasteiger partial charge in [-0.2, -0.15) is 0 Å². The fraction of sp³-hybridized carbons (Fsp3) is 0.625. The lowest BCUT2D eigenvalue weighted by atomic mass is 10.1. The molecule has 1 aliphatic rings. The molecule has 72 valence electrons. The number of nitrogens with zero attached hydrogens (tertiary/aromatic N) is 2. The molecule has 1 saturated heterocycles. The van der Waals surface area contributed by atoms with E-state index in [0.717, 1.165) is 35.7 Å². The van der Waals surface area contributed by atoms with Crippen LogP contribution in [0, 0.1) is 0 Å². The van der Waals surface area contributed by atoms with E-state index < -0.39 is 0 Å². The Morgan fingerprint density at radius 2 is 2.23 bits per heavy atom. The first-order valence-corrected chi connectivity index (χ1v) is 5.97. The lowest BCUT2D eigenvalue weighted by Crippen LogP contribution is -2.35. The number of piperidine rings is 1. The summed E-state index contributed by atoms with van der Waals surface area (Å²) in [6.45, 7) is 1.84. The Hall–Kier alpha value is -0.130. The second-order valence-corrected chi connectivity index (χ2v) is 4.82. The van der Waals surface area contributed by atoms with Gasteiger partial charge in [0.15, 0.2) is 5.13 Å². The number of hydrogen-bond acceptors (Lipinski definition) is 4. The molecule has 1 N–H and O–H groups in total. The van der Waals surface area contributed by atoms with E-state index in [2.05, 4.69) is 25.8 Å². The molecule has 0 atom stereocenters. The molecule has 3 nitrogen and oxygen atoms in total. The van der Waals surface area contributed by atoms with Crippen LogP contribution in [-0.2, 0) is 0 Å². The average molecular weight is 263 g/mol. The van der Waals surface area contributed by atoms with Crippen molar-refractivity contribution in [2.45, 2.75) is 18.9 Å². The van der Waals surface area contributed by atoms with Crippen molar-refractivity contribution in [2.24, 2.45) is 0 Å². The first-order valence-electron chi connectivity index (χ1n) is 4.30. The van der Waals surface area contributed by atoms with E-state index >= 15 is 0 Å². The third-order valence-corrected chi connectivity index (χ3v) is 3.81. The predicted molar refractivity (Wildman–Crippen MR) is 57.3 cm³/mol. The van der Waals surface area contributed by atoms with Gasteiger partial charge in [0.25, 0.3) is 0 Å². The second-order valence-electron chi connectivity index (χ2n) is 3.17. The molecule has 0 unspecified atom stereocenters. The lowest BCUT2D eigenvalue weighted by Gasteiger charge is -2.28. The molecule has 0 aromatic carbocycles.